The van der Waals surface area contributed by atoms with Crippen molar-refractivity contribution >= 4 is 22.6 Å². The monoisotopic (exact) mass is 377 g/mol. The summed E-state index contributed by atoms with van der Waals surface area (Å²) in [5, 5.41) is 3.45. The molecule has 0 fully saturated rings. The fourth-order valence-electron chi connectivity index (χ4n) is 2.70. The highest BCUT2D eigenvalue weighted by atomic mass is 19.4. The van der Waals surface area contributed by atoms with Gasteiger partial charge in [-0.05, 0) is 49.2 Å². The molecule has 0 spiro atoms. The number of carbonyl (C=O) groups excluding carboxylic acids is 1. The standard InChI is InChI=1S/C20H18F3NO3/c1-12-7-15-14(10-26-18(15)8-13(12)2)9-19(25)24-16-5-3-4-6-17(16)27-11-20(21,22)23/h3-8,10H,9,11H2,1-2H3,(H,24,25). The van der Waals surface area contributed by atoms with Crippen LogP contribution in [0.15, 0.2) is 47.1 Å². The van der Waals surface area contributed by atoms with Crippen LogP contribution in [0.5, 0.6) is 5.75 Å². The Balaban J connectivity index is 1.74. The number of nitrogens with one attached hydrogen (secondary N) is 1. The lowest BCUT2D eigenvalue weighted by Gasteiger charge is -2.13. The first-order valence-electron chi connectivity index (χ1n) is 8.29. The predicted octanol–water partition coefficient (Wildman–Crippen LogP) is 5.17. The van der Waals surface area contributed by atoms with Crippen LogP contribution in [0.4, 0.5) is 18.9 Å². The van der Waals surface area contributed by atoms with E-state index in [-0.39, 0.29) is 23.8 Å². The molecule has 0 atom stereocenters. The zero-order valence-corrected chi connectivity index (χ0v) is 14.8. The van der Waals surface area contributed by atoms with Gasteiger partial charge in [0.05, 0.1) is 18.4 Å². The van der Waals surface area contributed by atoms with Crippen LogP contribution in [0.25, 0.3) is 11.0 Å². The fourth-order valence-corrected chi connectivity index (χ4v) is 2.70. The third kappa shape index (κ3) is 4.61. The van der Waals surface area contributed by atoms with Crippen LogP contribution >= 0.6 is 0 Å². The number of alkyl halides is 3. The van der Waals surface area contributed by atoms with Crippen LogP contribution in [0.2, 0.25) is 0 Å². The molecule has 3 rings (SSSR count). The van der Waals surface area contributed by atoms with Gasteiger partial charge in [-0.2, -0.15) is 13.2 Å². The molecule has 7 heteroatoms. The second-order valence-corrected chi connectivity index (χ2v) is 6.32. The van der Waals surface area contributed by atoms with Crippen LogP contribution in [-0.4, -0.2) is 18.7 Å². The zero-order valence-electron chi connectivity index (χ0n) is 14.8. The quantitative estimate of drug-likeness (QED) is 0.667. The van der Waals surface area contributed by atoms with Crippen molar-refractivity contribution in [1.82, 2.24) is 0 Å². The number of furan rings is 1. The minimum absolute atomic E-state index is 0.0309. The van der Waals surface area contributed by atoms with Gasteiger partial charge in [-0.25, -0.2) is 0 Å². The maximum atomic E-state index is 12.4. The van der Waals surface area contributed by atoms with Gasteiger partial charge in [0.1, 0.15) is 11.3 Å². The lowest BCUT2D eigenvalue weighted by atomic mass is 10.0. The van der Waals surface area contributed by atoms with Crippen LogP contribution in [0.3, 0.4) is 0 Å². The van der Waals surface area contributed by atoms with Crippen molar-refractivity contribution < 1.29 is 27.1 Å². The first kappa shape index (κ1) is 18.8. The van der Waals surface area contributed by atoms with Gasteiger partial charge in [-0.3, -0.25) is 4.79 Å². The smallest absolute Gasteiger partial charge is 0.422 e. The molecule has 142 valence electrons. The summed E-state index contributed by atoms with van der Waals surface area (Å²) in [5.41, 5.74) is 3.75. The van der Waals surface area contributed by atoms with Gasteiger partial charge in [-0.1, -0.05) is 12.1 Å². The SMILES string of the molecule is Cc1cc2occ(CC(=O)Nc3ccccc3OCC(F)(F)F)c2cc1C. The van der Waals surface area contributed by atoms with E-state index in [1.165, 1.54) is 24.5 Å². The number of ether oxygens (including phenoxy) is 1. The van der Waals surface area contributed by atoms with E-state index in [0.717, 1.165) is 16.5 Å². The number of benzene rings is 2. The highest BCUT2D eigenvalue weighted by Crippen LogP contribution is 2.28. The van der Waals surface area contributed by atoms with Crippen molar-refractivity contribution in [2.24, 2.45) is 0 Å². The van der Waals surface area contributed by atoms with Crippen molar-refractivity contribution in [3.8, 4) is 5.75 Å². The number of hydrogen-bond acceptors (Lipinski definition) is 3. The molecular formula is C20H18F3NO3. The van der Waals surface area contributed by atoms with E-state index in [2.05, 4.69) is 5.32 Å². The highest BCUT2D eigenvalue weighted by Gasteiger charge is 2.29. The minimum atomic E-state index is -4.46. The summed E-state index contributed by atoms with van der Waals surface area (Å²) in [4.78, 5) is 12.4. The highest BCUT2D eigenvalue weighted by molar-refractivity contribution is 5.96. The number of rotatable bonds is 5. The summed E-state index contributed by atoms with van der Waals surface area (Å²) in [6.07, 6.45) is -2.90. The topological polar surface area (TPSA) is 51.5 Å². The second-order valence-electron chi connectivity index (χ2n) is 6.32. The van der Waals surface area contributed by atoms with E-state index in [0.29, 0.717) is 11.1 Å². The summed E-state index contributed by atoms with van der Waals surface area (Å²) in [7, 11) is 0. The molecule has 0 unspecified atom stereocenters. The molecule has 1 N–H and O–H groups in total. The molecule has 4 nitrogen and oxygen atoms in total. The number of anilines is 1. The van der Waals surface area contributed by atoms with E-state index in [9.17, 15) is 18.0 Å². The third-order valence-corrected chi connectivity index (χ3v) is 4.17. The Morgan fingerprint density at radius 1 is 1.15 bits per heavy atom. The van der Waals surface area contributed by atoms with Gasteiger partial charge in [0, 0.05) is 10.9 Å². The van der Waals surface area contributed by atoms with Crippen molar-refractivity contribution in [2.75, 3.05) is 11.9 Å². The average Bonchev–Trinajstić information content (AvgIpc) is 2.95. The number of aryl methyl sites for hydroxylation is 2. The Hall–Kier alpha value is -2.96. The molecule has 27 heavy (non-hydrogen) atoms. The fraction of sp³-hybridized carbons (Fsp3) is 0.250. The first-order chi connectivity index (χ1) is 12.7. The first-order valence-corrected chi connectivity index (χ1v) is 8.29. The number of halogens is 3. The van der Waals surface area contributed by atoms with Gasteiger partial charge in [0.15, 0.2) is 6.61 Å². The maximum Gasteiger partial charge on any atom is 0.422 e. The Bertz CT molecular complexity index is 976. The van der Waals surface area contributed by atoms with Crippen LogP contribution < -0.4 is 10.1 Å². The van der Waals surface area contributed by atoms with E-state index in [1.54, 1.807) is 6.07 Å². The molecule has 0 aliphatic carbocycles. The zero-order chi connectivity index (χ0) is 19.6. The van der Waals surface area contributed by atoms with E-state index in [4.69, 9.17) is 9.15 Å². The van der Waals surface area contributed by atoms with Crippen LogP contribution in [0, 0.1) is 13.8 Å². The van der Waals surface area contributed by atoms with Gasteiger partial charge in [0.2, 0.25) is 5.91 Å². The summed E-state index contributed by atoms with van der Waals surface area (Å²) in [5.74, 6) is -0.411. The number of para-hydroxylation sites is 2. The van der Waals surface area contributed by atoms with Crippen LogP contribution in [0.1, 0.15) is 16.7 Å². The predicted molar refractivity (Wildman–Crippen MR) is 96.0 cm³/mol. The lowest BCUT2D eigenvalue weighted by Crippen LogP contribution is -2.20. The Morgan fingerprint density at radius 3 is 2.59 bits per heavy atom. The molecule has 2 aromatic carbocycles. The molecule has 0 aliphatic rings. The molecule has 1 heterocycles. The van der Waals surface area contributed by atoms with Crippen molar-refractivity contribution in [3.63, 3.8) is 0 Å². The number of carbonyl (C=O) groups is 1. The maximum absolute atomic E-state index is 12.4. The third-order valence-electron chi connectivity index (χ3n) is 4.17. The molecule has 0 bridgehead atoms. The summed E-state index contributed by atoms with van der Waals surface area (Å²) in [6.45, 7) is 2.52. The number of fused-ring (bicyclic) bond motifs is 1. The van der Waals surface area contributed by atoms with Gasteiger partial charge in [0.25, 0.3) is 0 Å². The van der Waals surface area contributed by atoms with E-state index < -0.39 is 12.8 Å². The Kier molecular flexibility index (Phi) is 5.12. The second kappa shape index (κ2) is 7.34. The number of hydrogen-bond donors (Lipinski definition) is 1. The van der Waals surface area contributed by atoms with Gasteiger partial charge in [-0.15, -0.1) is 0 Å². The summed E-state index contributed by atoms with van der Waals surface area (Å²) in [6, 6.07) is 9.88. The van der Waals surface area contributed by atoms with Gasteiger partial charge >= 0.3 is 6.18 Å². The lowest BCUT2D eigenvalue weighted by molar-refractivity contribution is -0.153. The van der Waals surface area contributed by atoms with E-state index >= 15 is 0 Å². The van der Waals surface area contributed by atoms with Crippen molar-refractivity contribution in [3.05, 3.63) is 59.4 Å². The summed E-state index contributed by atoms with van der Waals surface area (Å²) < 4.78 is 47.4. The normalized spacial score (nSPS) is 11.6. The molecule has 1 aromatic heterocycles. The summed E-state index contributed by atoms with van der Waals surface area (Å²) >= 11 is 0. The van der Waals surface area contributed by atoms with Gasteiger partial charge < -0.3 is 14.5 Å². The molecule has 0 saturated carbocycles. The van der Waals surface area contributed by atoms with E-state index in [1.807, 2.05) is 26.0 Å². The largest absolute Gasteiger partial charge is 0.482 e. The van der Waals surface area contributed by atoms with Crippen molar-refractivity contribution in [1.29, 1.82) is 0 Å². The van der Waals surface area contributed by atoms with Crippen LogP contribution in [-0.2, 0) is 11.2 Å². The number of amides is 1. The Labute approximate surface area is 153 Å². The minimum Gasteiger partial charge on any atom is -0.482 e. The Morgan fingerprint density at radius 2 is 1.85 bits per heavy atom. The molecule has 3 aromatic rings. The molecule has 0 saturated heterocycles. The average molecular weight is 377 g/mol. The van der Waals surface area contributed by atoms with Crippen molar-refractivity contribution in [2.45, 2.75) is 26.4 Å². The molecular weight excluding hydrogens is 359 g/mol. The molecule has 0 radical (unpaired) electrons. The molecule has 1 amide bonds. The molecule has 0 aliphatic heterocycles.